The molecule has 3 rings (SSSR count). The topological polar surface area (TPSA) is 82.6 Å². The van der Waals surface area contributed by atoms with Crippen LogP contribution in [0.25, 0.3) is 11.3 Å². The minimum atomic E-state index is -0.349. The molecule has 1 aromatic heterocycles. The summed E-state index contributed by atoms with van der Waals surface area (Å²) in [5, 5.41) is 11.0. The van der Waals surface area contributed by atoms with E-state index in [1.54, 1.807) is 12.3 Å². The summed E-state index contributed by atoms with van der Waals surface area (Å²) in [4.78, 5) is 14.6. The van der Waals surface area contributed by atoms with Crippen molar-refractivity contribution < 1.29 is 9.53 Å². The van der Waals surface area contributed by atoms with Crippen molar-refractivity contribution in [3.05, 3.63) is 65.9 Å². The van der Waals surface area contributed by atoms with Crippen LogP contribution >= 0.6 is 0 Å². The molecule has 0 saturated carbocycles. The number of hydrazone groups is 1. The molecule has 1 heterocycles. The lowest BCUT2D eigenvalue weighted by molar-refractivity contribution is 0.0950. The molecule has 2 N–H and O–H groups in total. The lowest BCUT2D eigenvalue weighted by Crippen LogP contribution is -2.21. The molecule has 3 aromatic rings. The van der Waals surface area contributed by atoms with Crippen molar-refractivity contribution >= 4 is 17.8 Å². The third kappa shape index (κ3) is 5.94. The third-order valence-electron chi connectivity index (χ3n) is 4.85. The number of carbonyl (C=O) groups excluding carboxylic acids is 1. The highest BCUT2D eigenvalue weighted by molar-refractivity contribution is 5.94. The fourth-order valence-corrected chi connectivity index (χ4v) is 3.11. The lowest BCUT2D eigenvalue weighted by Gasteiger charge is -2.20. The monoisotopic (exact) mass is 419 g/mol. The molecule has 7 nitrogen and oxygen atoms in total. The van der Waals surface area contributed by atoms with Crippen LogP contribution in [0.3, 0.4) is 0 Å². The summed E-state index contributed by atoms with van der Waals surface area (Å²) in [6, 6.07) is 17.4. The number of aromatic amines is 1. The number of benzene rings is 2. The van der Waals surface area contributed by atoms with E-state index in [4.69, 9.17) is 4.74 Å². The van der Waals surface area contributed by atoms with Crippen molar-refractivity contribution in [3.8, 4) is 17.0 Å². The Balaban J connectivity index is 1.57. The van der Waals surface area contributed by atoms with Crippen molar-refractivity contribution in [1.29, 1.82) is 0 Å². The molecular formula is C24H29N5O2. The molecule has 0 spiro atoms. The zero-order chi connectivity index (χ0) is 22.1. The molecule has 162 valence electrons. The first-order valence-corrected chi connectivity index (χ1v) is 10.6. The highest BCUT2D eigenvalue weighted by Crippen LogP contribution is 2.21. The first kappa shape index (κ1) is 22.1. The van der Waals surface area contributed by atoms with Crippen LogP contribution in [0.1, 0.15) is 43.2 Å². The Hall–Kier alpha value is -3.61. The molecule has 0 aliphatic heterocycles. The minimum absolute atomic E-state index is 0.343. The third-order valence-corrected chi connectivity index (χ3v) is 4.85. The number of amides is 1. The number of nitrogens with zero attached hydrogens (tertiary/aromatic N) is 3. The van der Waals surface area contributed by atoms with Crippen molar-refractivity contribution in [2.75, 3.05) is 24.6 Å². The van der Waals surface area contributed by atoms with Crippen LogP contribution < -0.4 is 15.1 Å². The van der Waals surface area contributed by atoms with E-state index in [1.807, 2.05) is 36.4 Å². The molecule has 1 amide bonds. The zero-order valence-electron chi connectivity index (χ0n) is 18.3. The van der Waals surface area contributed by atoms with E-state index < -0.39 is 0 Å². The van der Waals surface area contributed by atoms with E-state index in [9.17, 15) is 4.79 Å². The SMILES string of the molecule is CCCOc1ccc(-c2cc(C(=O)N/N=C\c3ccc(N(CC)CC)cc3)[nH]n2)cc1. The van der Waals surface area contributed by atoms with Gasteiger partial charge < -0.3 is 9.64 Å². The molecule has 0 radical (unpaired) electrons. The van der Waals surface area contributed by atoms with E-state index in [0.717, 1.165) is 36.4 Å². The van der Waals surface area contributed by atoms with E-state index >= 15 is 0 Å². The maximum absolute atomic E-state index is 12.4. The van der Waals surface area contributed by atoms with Crippen LogP contribution in [-0.2, 0) is 0 Å². The fourth-order valence-electron chi connectivity index (χ4n) is 3.11. The second-order valence-corrected chi connectivity index (χ2v) is 7.00. The molecule has 2 aromatic carbocycles. The van der Waals surface area contributed by atoms with E-state index in [2.05, 4.69) is 58.5 Å². The molecule has 0 aliphatic rings. The van der Waals surface area contributed by atoms with Crippen molar-refractivity contribution in [2.45, 2.75) is 27.2 Å². The van der Waals surface area contributed by atoms with E-state index in [-0.39, 0.29) is 5.91 Å². The predicted octanol–water partition coefficient (Wildman–Crippen LogP) is 4.48. The molecule has 0 unspecified atom stereocenters. The van der Waals surface area contributed by atoms with Gasteiger partial charge in [0.15, 0.2) is 0 Å². The van der Waals surface area contributed by atoms with Gasteiger partial charge in [-0.3, -0.25) is 9.89 Å². The smallest absolute Gasteiger partial charge is 0.289 e. The number of H-pyrrole nitrogens is 1. The average molecular weight is 420 g/mol. The molecule has 0 aliphatic carbocycles. The second kappa shape index (κ2) is 11.0. The van der Waals surface area contributed by atoms with Gasteiger partial charge >= 0.3 is 0 Å². The zero-order valence-corrected chi connectivity index (χ0v) is 18.3. The van der Waals surface area contributed by atoms with Gasteiger partial charge in [-0.1, -0.05) is 19.1 Å². The largest absolute Gasteiger partial charge is 0.494 e. The maximum atomic E-state index is 12.4. The molecule has 31 heavy (non-hydrogen) atoms. The normalized spacial score (nSPS) is 10.9. The Morgan fingerprint density at radius 2 is 1.81 bits per heavy atom. The Kier molecular flexibility index (Phi) is 7.81. The Morgan fingerprint density at radius 1 is 1.10 bits per heavy atom. The molecule has 0 fully saturated rings. The van der Waals surface area contributed by atoms with Crippen molar-refractivity contribution in [1.82, 2.24) is 15.6 Å². The van der Waals surface area contributed by atoms with Crippen LogP contribution in [0.2, 0.25) is 0 Å². The predicted molar refractivity (Wildman–Crippen MR) is 125 cm³/mol. The highest BCUT2D eigenvalue weighted by Gasteiger charge is 2.10. The fraction of sp³-hybridized carbons (Fsp3) is 0.292. The molecule has 7 heteroatoms. The van der Waals surface area contributed by atoms with Crippen LogP contribution in [0, 0.1) is 0 Å². The summed E-state index contributed by atoms with van der Waals surface area (Å²) in [6.45, 7) is 8.94. The van der Waals surface area contributed by atoms with Gasteiger partial charge in [0, 0.05) is 24.3 Å². The Labute approximate surface area is 183 Å². The summed E-state index contributed by atoms with van der Waals surface area (Å²) in [6.07, 6.45) is 2.58. The number of hydrogen-bond acceptors (Lipinski definition) is 5. The number of aromatic nitrogens is 2. The van der Waals surface area contributed by atoms with Crippen molar-refractivity contribution in [2.24, 2.45) is 5.10 Å². The number of ether oxygens (including phenoxy) is 1. The summed E-state index contributed by atoms with van der Waals surface area (Å²) in [7, 11) is 0. The van der Waals surface area contributed by atoms with Crippen LogP contribution in [-0.4, -0.2) is 42.0 Å². The summed E-state index contributed by atoms with van der Waals surface area (Å²) in [5.74, 6) is 0.469. The molecule has 0 bridgehead atoms. The van der Waals surface area contributed by atoms with Crippen molar-refractivity contribution in [3.63, 3.8) is 0 Å². The lowest BCUT2D eigenvalue weighted by atomic mass is 10.1. The molecule has 0 saturated heterocycles. The van der Waals surface area contributed by atoms with Gasteiger partial charge in [0.05, 0.1) is 18.5 Å². The van der Waals surface area contributed by atoms with Gasteiger partial charge in [0.25, 0.3) is 5.91 Å². The summed E-state index contributed by atoms with van der Waals surface area (Å²) in [5.41, 5.74) is 6.54. The summed E-state index contributed by atoms with van der Waals surface area (Å²) < 4.78 is 5.59. The first-order valence-electron chi connectivity index (χ1n) is 10.6. The van der Waals surface area contributed by atoms with Gasteiger partial charge in [0.1, 0.15) is 11.4 Å². The van der Waals surface area contributed by atoms with Gasteiger partial charge in [-0.15, -0.1) is 0 Å². The maximum Gasteiger partial charge on any atom is 0.289 e. The molecular weight excluding hydrogens is 390 g/mol. The minimum Gasteiger partial charge on any atom is -0.494 e. The number of nitrogens with one attached hydrogen (secondary N) is 2. The van der Waals surface area contributed by atoms with Gasteiger partial charge in [-0.05, 0) is 68.3 Å². The average Bonchev–Trinajstić information content (AvgIpc) is 3.30. The summed E-state index contributed by atoms with van der Waals surface area (Å²) >= 11 is 0. The first-order chi connectivity index (χ1) is 15.1. The number of anilines is 1. The molecule has 0 atom stereocenters. The van der Waals surface area contributed by atoms with Gasteiger partial charge in [0.2, 0.25) is 0 Å². The van der Waals surface area contributed by atoms with Gasteiger partial charge in [-0.25, -0.2) is 5.43 Å². The number of carbonyl (C=O) groups is 1. The Morgan fingerprint density at radius 3 is 2.45 bits per heavy atom. The van der Waals surface area contributed by atoms with Crippen LogP contribution in [0.4, 0.5) is 5.69 Å². The standard InChI is InChI=1S/C24H29N5O2/c1-4-15-31-21-13-9-19(10-14-21)22-16-23(27-26-22)24(30)28-25-17-18-7-11-20(12-8-18)29(5-2)6-3/h7-14,16-17H,4-6,15H2,1-3H3,(H,26,27)(H,28,30)/b25-17-. The Bertz CT molecular complexity index is 990. The second-order valence-electron chi connectivity index (χ2n) is 7.00. The van der Waals surface area contributed by atoms with Gasteiger partial charge in [-0.2, -0.15) is 10.2 Å². The quantitative estimate of drug-likeness (QED) is 0.375. The van der Waals surface area contributed by atoms with E-state index in [0.29, 0.717) is 18.0 Å². The van der Waals surface area contributed by atoms with Crippen LogP contribution in [0.15, 0.2) is 59.7 Å². The van der Waals surface area contributed by atoms with Crippen LogP contribution in [0.5, 0.6) is 5.75 Å². The number of hydrogen-bond donors (Lipinski definition) is 2. The highest BCUT2D eigenvalue weighted by atomic mass is 16.5. The van der Waals surface area contributed by atoms with E-state index in [1.165, 1.54) is 5.69 Å². The number of rotatable bonds is 10.